The number of amides is 1. The van der Waals surface area contributed by atoms with Crippen LogP contribution in [-0.2, 0) is 4.79 Å². The lowest BCUT2D eigenvalue weighted by molar-refractivity contribution is -0.274. The van der Waals surface area contributed by atoms with Crippen LogP contribution in [0.1, 0.15) is 13.8 Å². The molecular weight excluding hydrogens is 288 g/mol. The Hall–Kier alpha value is -0.660. The Bertz CT molecular complexity index is 274. The normalized spacial score (nSPS) is 15.1. The van der Waals surface area contributed by atoms with Gasteiger partial charge in [-0.25, -0.2) is 0 Å². The first-order chi connectivity index (χ1) is 7.87. The second-order valence-electron chi connectivity index (χ2n) is 4.02. The number of rotatable bonds is 4. The molecule has 0 aromatic heterocycles. The van der Waals surface area contributed by atoms with Crippen LogP contribution < -0.4 is 5.32 Å². The van der Waals surface area contributed by atoms with E-state index in [-0.39, 0.29) is 5.92 Å². The van der Waals surface area contributed by atoms with Gasteiger partial charge in [-0.05, 0) is 5.92 Å². The van der Waals surface area contributed by atoms with Crippen LogP contribution in [0, 0.1) is 11.8 Å². The molecule has 0 aliphatic heterocycles. The molecular formula is C9H12ClF6NO. The summed E-state index contributed by atoms with van der Waals surface area (Å²) in [5.74, 6) is -6.36. The number of carbonyl (C=O) groups is 1. The molecule has 0 aliphatic carbocycles. The molecule has 2 nitrogen and oxygen atoms in total. The Morgan fingerprint density at radius 1 is 1.11 bits per heavy atom. The fourth-order valence-corrected chi connectivity index (χ4v) is 1.10. The van der Waals surface area contributed by atoms with Gasteiger partial charge in [-0.15, -0.1) is 11.6 Å². The molecule has 18 heavy (non-hydrogen) atoms. The maximum atomic E-state index is 12.1. The van der Waals surface area contributed by atoms with E-state index in [1.165, 1.54) is 0 Å². The molecule has 1 atom stereocenters. The molecule has 0 fully saturated rings. The molecule has 0 heterocycles. The number of carbonyl (C=O) groups excluding carboxylic acids is 1. The molecule has 0 aliphatic rings. The minimum absolute atomic E-state index is 0.192. The van der Waals surface area contributed by atoms with E-state index >= 15 is 0 Å². The third kappa shape index (κ3) is 5.32. The minimum Gasteiger partial charge on any atom is -0.354 e. The maximum Gasteiger partial charge on any atom is 0.409 e. The van der Waals surface area contributed by atoms with Crippen molar-refractivity contribution >= 4 is 17.5 Å². The quantitative estimate of drug-likeness (QED) is 0.627. The van der Waals surface area contributed by atoms with Gasteiger partial charge in [0.2, 0.25) is 11.8 Å². The Morgan fingerprint density at radius 3 is 1.78 bits per heavy atom. The van der Waals surface area contributed by atoms with Crippen molar-refractivity contribution in [2.75, 3.05) is 6.54 Å². The Labute approximate surface area is 105 Å². The molecule has 0 bridgehead atoms. The van der Waals surface area contributed by atoms with Crippen LogP contribution in [0.4, 0.5) is 26.3 Å². The molecule has 108 valence electrons. The number of hydrogen-bond donors (Lipinski definition) is 1. The van der Waals surface area contributed by atoms with Crippen molar-refractivity contribution in [3.63, 3.8) is 0 Å². The molecule has 0 saturated carbocycles. The van der Waals surface area contributed by atoms with Gasteiger partial charge in [0.05, 0.1) is 5.38 Å². The van der Waals surface area contributed by atoms with Gasteiger partial charge in [-0.3, -0.25) is 4.79 Å². The number of alkyl halides is 7. The summed E-state index contributed by atoms with van der Waals surface area (Å²) in [5.41, 5.74) is 0. The molecule has 0 rings (SSSR count). The van der Waals surface area contributed by atoms with E-state index in [1.807, 2.05) is 0 Å². The van der Waals surface area contributed by atoms with Crippen LogP contribution in [-0.4, -0.2) is 30.2 Å². The molecule has 9 heteroatoms. The highest BCUT2D eigenvalue weighted by atomic mass is 35.5. The zero-order valence-corrected chi connectivity index (χ0v) is 10.2. The smallest absolute Gasteiger partial charge is 0.354 e. The van der Waals surface area contributed by atoms with Crippen LogP contribution in [0.5, 0.6) is 0 Å². The zero-order chi connectivity index (χ0) is 14.7. The zero-order valence-electron chi connectivity index (χ0n) is 9.49. The molecule has 0 saturated heterocycles. The summed E-state index contributed by atoms with van der Waals surface area (Å²) in [6.07, 6.45) is -11.4. The number of hydrogen-bond acceptors (Lipinski definition) is 1. The largest absolute Gasteiger partial charge is 0.409 e. The predicted octanol–water partition coefficient (Wildman–Crippen LogP) is 3.11. The highest BCUT2D eigenvalue weighted by Gasteiger charge is 2.61. The summed E-state index contributed by atoms with van der Waals surface area (Å²) in [5, 5.41) is 0.826. The van der Waals surface area contributed by atoms with Gasteiger partial charge < -0.3 is 5.32 Å². The minimum atomic E-state index is -5.68. The van der Waals surface area contributed by atoms with Crippen molar-refractivity contribution in [3.05, 3.63) is 0 Å². The summed E-state index contributed by atoms with van der Waals surface area (Å²) in [7, 11) is 0. The van der Waals surface area contributed by atoms with Crippen molar-refractivity contribution in [2.24, 2.45) is 11.8 Å². The average Bonchev–Trinajstić information content (AvgIpc) is 2.08. The van der Waals surface area contributed by atoms with E-state index in [0.29, 0.717) is 0 Å². The van der Waals surface area contributed by atoms with Crippen molar-refractivity contribution in [1.82, 2.24) is 5.32 Å². The monoisotopic (exact) mass is 299 g/mol. The molecule has 1 unspecified atom stereocenters. The SMILES string of the molecule is CC(C)C(Cl)CNC(=O)C(C(F)(F)F)C(F)(F)F. The van der Waals surface area contributed by atoms with Gasteiger partial charge in [0.25, 0.3) is 0 Å². The van der Waals surface area contributed by atoms with Crippen LogP contribution in [0.3, 0.4) is 0 Å². The van der Waals surface area contributed by atoms with Gasteiger partial charge in [0.1, 0.15) is 0 Å². The second-order valence-corrected chi connectivity index (χ2v) is 4.58. The number of nitrogens with one attached hydrogen (secondary N) is 1. The molecule has 1 N–H and O–H groups in total. The van der Waals surface area contributed by atoms with Gasteiger partial charge in [0, 0.05) is 6.54 Å². The summed E-state index contributed by atoms with van der Waals surface area (Å²) in [6, 6.07) is 0. The fourth-order valence-electron chi connectivity index (χ4n) is 1.02. The van der Waals surface area contributed by atoms with E-state index in [2.05, 4.69) is 0 Å². The fraction of sp³-hybridized carbons (Fsp3) is 0.889. The van der Waals surface area contributed by atoms with Gasteiger partial charge in [0.15, 0.2) is 0 Å². The lowest BCUT2D eigenvalue weighted by atomic mass is 10.1. The van der Waals surface area contributed by atoms with Gasteiger partial charge in [-0.1, -0.05) is 13.8 Å². The van der Waals surface area contributed by atoms with E-state index in [4.69, 9.17) is 11.6 Å². The summed E-state index contributed by atoms with van der Waals surface area (Å²) in [4.78, 5) is 11.0. The topological polar surface area (TPSA) is 29.1 Å². The first kappa shape index (κ1) is 17.3. The van der Waals surface area contributed by atoms with Crippen molar-refractivity contribution in [3.8, 4) is 0 Å². The molecule has 0 aromatic carbocycles. The first-order valence-electron chi connectivity index (χ1n) is 4.92. The Kier molecular flexibility index (Phi) is 5.77. The lowest BCUT2D eigenvalue weighted by Crippen LogP contribution is -2.49. The highest BCUT2D eigenvalue weighted by molar-refractivity contribution is 6.21. The van der Waals surface area contributed by atoms with Gasteiger partial charge >= 0.3 is 12.4 Å². The predicted molar refractivity (Wildman–Crippen MR) is 53.1 cm³/mol. The van der Waals surface area contributed by atoms with Crippen molar-refractivity contribution < 1.29 is 31.1 Å². The molecule has 0 spiro atoms. The van der Waals surface area contributed by atoms with Crippen molar-refractivity contribution in [2.45, 2.75) is 31.6 Å². The average molecular weight is 300 g/mol. The number of halogens is 7. The van der Waals surface area contributed by atoms with Crippen LogP contribution in [0.2, 0.25) is 0 Å². The summed E-state index contributed by atoms with van der Waals surface area (Å²) >= 11 is 5.62. The lowest BCUT2D eigenvalue weighted by Gasteiger charge is -2.23. The first-order valence-corrected chi connectivity index (χ1v) is 5.36. The van der Waals surface area contributed by atoms with Crippen LogP contribution in [0.15, 0.2) is 0 Å². The summed E-state index contributed by atoms with van der Waals surface area (Å²) in [6.45, 7) is 2.78. The standard InChI is InChI=1S/C9H12ClF6NO/c1-4(2)5(10)3-17-7(18)6(8(11,12)13)9(14,15)16/h4-6H,3H2,1-2H3,(H,17,18). The van der Waals surface area contributed by atoms with E-state index in [1.54, 1.807) is 19.2 Å². The van der Waals surface area contributed by atoms with E-state index in [0.717, 1.165) is 0 Å². The van der Waals surface area contributed by atoms with E-state index < -0.39 is 36.1 Å². The molecule has 0 radical (unpaired) electrons. The van der Waals surface area contributed by atoms with Crippen molar-refractivity contribution in [1.29, 1.82) is 0 Å². The van der Waals surface area contributed by atoms with Crippen LogP contribution >= 0.6 is 11.6 Å². The maximum absolute atomic E-state index is 12.1. The van der Waals surface area contributed by atoms with Crippen LogP contribution in [0.25, 0.3) is 0 Å². The van der Waals surface area contributed by atoms with E-state index in [9.17, 15) is 31.1 Å². The summed E-state index contributed by atoms with van der Waals surface area (Å²) < 4.78 is 72.8. The second kappa shape index (κ2) is 5.99. The van der Waals surface area contributed by atoms with Gasteiger partial charge in [-0.2, -0.15) is 26.3 Å². The third-order valence-electron chi connectivity index (χ3n) is 2.11. The highest BCUT2D eigenvalue weighted by Crippen LogP contribution is 2.39. The molecule has 1 amide bonds. The third-order valence-corrected chi connectivity index (χ3v) is 2.77. The Balaban J connectivity index is 4.71. The Morgan fingerprint density at radius 2 is 1.50 bits per heavy atom. The molecule has 0 aromatic rings.